The maximum atomic E-state index is 12.0. The number of halogens is 1. The highest BCUT2D eigenvalue weighted by Gasteiger charge is 2.09. The molecule has 27 heavy (non-hydrogen) atoms. The van der Waals surface area contributed by atoms with Gasteiger partial charge in [0.15, 0.2) is 5.96 Å². The average Bonchev–Trinajstić information content (AvgIpc) is 2.98. The van der Waals surface area contributed by atoms with Crippen molar-refractivity contribution in [3.8, 4) is 0 Å². The Morgan fingerprint density at radius 3 is 2.67 bits per heavy atom. The molecule has 0 fully saturated rings. The van der Waals surface area contributed by atoms with E-state index in [2.05, 4.69) is 51.9 Å². The van der Waals surface area contributed by atoms with Crippen LogP contribution in [0.1, 0.15) is 28.8 Å². The Kier molecular flexibility index (Phi) is 10.3. The van der Waals surface area contributed by atoms with E-state index < -0.39 is 0 Å². The first kappa shape index (κ1) is 23.4. The van der Waals surface area contributed by atoms with E-state index in [1.165, 1.54) is 9.75 Å². The van der Waals surface area contributed by atoms with Crippen LogP contribution in [0, 0.1) is 13.8 Å². The van der Waals surface area contributed by atoms with Crippen LogP contribution in [0.5, 0.6) is 0 Å². The lowest BCUT2D eigenvalue weighted by Crippen LogP contribution is -2.43. The van der Waals surface area contributed by atoms with Crippen LogP contribution in [0.4, 0.5) is 5.82 Å². The molecule has 6 nitrogen and oxygen atoms in total. The molecule has 2 aromatic heterocycles. The minimum Gasteiger partial charge on any atom is -0.356 e. The molecule has 0 aliphatic rings. The van der Waals surface area contributed by atoms with Crippen LogP contribution in [-0.4, -0.2) is 36.5 Å². The molecule has 8 heteroatoms. The third-order valence-electron chi connectivity index (χ3n) is 3.71. The SMILES string of the molecule is CN=C(NCCC(=O)Nc1cccc(C)n1)NC(C)Cc1ccc(C)s1.I. The van der Waals surface area contributed by atoms with Gasteiger partial charge in [-0.15, -0.1) is 35.3 Å². The van der Waals surface area contributed by atoms with E-state index >= 15 is 0 Å². The quantitative estimate of drug-likeness (QED) is 0.308. The molecule has 2 aromatic rings. The lowest BCUT2D eigenvalue weighted by Gasteiger charge is -2.17. The number of hydrogen-bond acceptors (Lipinski definition) is 4. The van der Waals surface area contributed by atoms with Crippen molar-refractivity contribution in [3.05, 3.63) is 45.8 Å². The number of carbonyl (C=O) groups is 1. The van der Waals surface area contributed by atoms with Crippen LogP contribution in [0.3, 0.4) is 0 Å². The molecule has 1 amide bonds. The van der Waals surface area contributed by atoms with Crippen molar-refractivity contribution in [1.29, 1.82) is 0 Å². The van der Waals surface area contributed by atoms with Gasteiger partial charge < -0.3 is 16.0 Å². The summed E-state index contributed by atoms with van der Waals surface area (Å²) in [6.45, 7) is 6.63. The number of anilines is 1. The summed E-state index contributed by atoms with van der Waals surface area (Å²) in [6.07, 6.45) is 1.29. The van der Waals surface area contributed by atoms with Gasteiger partial charge in [-0.2, -0.15) is 0 Å². The Hall–Kier alpha value is -1.68. The van der Waals surface area contributed by atoms with Gasteiger partial charge in [-0.05, 0) is 45.0 Å². The zero-order chi connectivity index (χ0) is 18.9. The summed E-state index contributed by atoms with van der Waals surface area (Å²) >= 11 is 1.82. The number of aromatic nitrogens is 1. The van der Waals surface area contributed by atoms with Gasteiger partial charge >= 0.3 is 0 Å². The zero-order valence-corrected chi connectivity index (χ0v) is 19.4. The summed E-state index contributed by atoms with van der Waals surface area (Å²) in [7, 11) is 1.73. The van der Waals surface area contributed by atoms with Gasteiger partial charge in [0, 0.05) is 47.9 Å². The van der Waals surface area contributed by atoms with Crippen molar-refractivity contribution in [2.45, 2.75) is 39.7 Å². The van der Waals surface area contributed by atoms with Crippen LogP contribution in [-0.2, 0) is 11.2 Å². The van der Waals surface area contributed by atoms with E-state index in [4.69, 9.17) is 0 Å². The van der Waals surface area contributed by atoms with E-state index in [1.54, 1.807) is 13.1 Å². The fourth-order valence-electron chi connectivity index (χ4n) is 2.49. The zero-order valence-electron chi connectivity index (χ0n) is 16.2. The topological polar surface area (TPSA) is 78.4 Å². The molecule has 0 aliphatic heterocycles. The summed E-state index contributed by atoms with van der Waals surface area (Å²) in [5, 5.41) is 9.34. The normalized spacial score (nSPS) is 12.1. The third kappa shape index (κ3) is 8.70. The molecule has 1 unspecified atom stereocenters. The van der Waals surface area contributed by atoms with Gasteiger partial charge in [-0.3, -0.25) is 9.79 Å². The lowest BCUT2D eigenvalue weighted by atomic mass is 10.2. The van der Waals surface area contributed by atoms with E-state index in [-0.39, 0.29) is 35.9 Å². The second-order valence-electron chi connectivity index (χ2n) is 6.22. The van der Waals surface area contributed by atoms with Crippen LogP contribution in [0.25, 0.3) is 0 Å². The fraction of sp³-hybridized carbons (Fsp3) is 0.421. The number of hydrogen-bond donors (Lipinski definition) is 3. The minimum absolute atomic E-state index is 0. The molecule has 3 N–H and O–H groups in total. The van der Waals surface area contributed by atoms with Gasteiger partial charge in [0.25, 0.3) is 0 Å². The maximum Gasteiger partial charge on any atom is 0.227 e. The van der Waals surface area contributed by atoms with E-state index in [0.29, 0.717) is 24.7 Å². The monoisotopic (exact) mass is 501 g/mol. The van der Waals surface area contributed by atoms with Crippen molar-refractivity contribution in [1.82, 2.24) is 15.6 Å². The molecule has 0 aliphatic carbocycles. The highest BCUT2D eigenvalue weighted by molar-refractivity contribution is 14.0. The van der Waals surface area contributed by atoms with Crippen LogP contribution < -0.4 is 16.0 Å². The van der Waals surface area contributed by atoms with Crippen LogP contribution in [0.2, 0.25) is 0 Å². The minimum atomic E-state index is -0.0758. The van der Waals surface area contributed by atoms with Gasteiger partial charge in [0.2, 0.25) is 5.91 Å². The van der Waals surface area contributed by atoms with Gasteiger partial charge in [-0.25, -0.2) is 4.98 Å². The molecular formula is C19H28IN5OS. The highest BCUT2D eigenvalue weighted by atomic mass is 127. The number of rotatable bonds is 7. The van der Waals surface area contributed by atoms with Crippen molar-refractivity contribution in [2.24, 2.45) is 4.99 Å². The van der Waals surface area contributed by atoms with Crippen molar-refractivity contribution < 1.29 is 4.79 Å². The van der Waals surface area contributed by atoms with Gasteiger partial charge in [-0.1, -0.05) is 6.07 Å². The van der Waals surface area contributed by atoms with Gasteiger partial charge in [0.1, 0.15) is 5.82 Å². The largest absolute Gasteiger partial charge is 0.356 e. The van der Waals surface area contributed by atoms with Crippen molar-refractivity contribution in [2.75, 3.05) is 18.9 Å². The summed E-state index contributed by atoms with van der Waals surface area (Å²) in [5.41, 5.74) is 0.875. The maximum absolute atomic E-state index is 12.0. The van der Waals surface area contributed by atoms with Crippen LogP contribution >= 0.6 is 35.3 Å². The fourth-order valence-corrected chi connectivity index (χ4v) is 3.51. The smallest absolute Gasteiger partial charge is 0.227 e. The second kappa shape index (κ2) is 11.9. The summed E-state index contributed by atoms with van der Waals surface area (Å²) in [6, 6.07) is 10.1. The predicted molar refractivity (Wildman–Crippen MR) is 124 cm³/mol. The molecule has 0 spiro atoms. The number of pyridine rings is 1. The number of thiophene rings is 1. The predicted octanol–water partition coefficient (Wildman–Crippen LogP) is 3.50. The third-order valence-corrected chi connectivity index (χ3v) is 4.73. The Morgan fingerprint density at radius 1 is 1.26 bits per heavy atom. The Morgan fingerprint density at radius 2 is 2.04 bits per heavy atom. The molecule has 0 radical (unpaired) electrons. The Balaban J connectivity index is 0.00000364. The molecule has 1 atom stereocenters. The second-order valence-corrected chi connectivity index (χ2v) is 7.60. The molecule has 148 valence electrons. The van der Waals surface area contributed by atoms with Crippen molar-refractivity contribution >= 4 is 53.0 Å². The molecule has 0 saturated heterocycles. The van der Waals surface area contributed by atoms with E-state index in [1.807, 2.05) is 30.4 Å². The summed E-state index contributed by atoms with van der Waals surface area (Å²) < 4.78 is 0. The first-order valence-corrected chi connectivity index (χ1v) is 9.54. The van der Waals surface area contributed by atoms with Gasteiger partial charge in [0.05, 0.1) is 0 Å². The number of guanidine groups is 1. The number of aliphatic imine (C=N–C) groups is 1. The molecular weight excluding hydrogens is 473 g/mol. The Bertz CT molecular complexity index is 762. The number of amides is 1. The lowest BCUT2D eigenvalue weighted by molar-refractivity contribution is -0.116. The number of nitrogens with zero attached hydrogens (tertiary/aromatic N) is 2. The Labute approximate surface area is 182 Å². The average molecular weight is 501 g/mol. The van der Waals surface area contributed by atoms with Crippen LogP contribution in [0.15, 0.2) is 35.3 Å². The van der Waals surface area contributed by atoms with E-state index in [0.717, 1.165) is 12.1 Å². The van der Waals surface area contributed by atoms with E-state index in [9.17, 15) is 4.79 Å². The standard InChI is InChI=1S/C19H27N5OS.HI/c1-13-6-5-7-17(22-13)24-18(25)10-11-21-19(20-4)23-14(2)12-16-9-8-15(3)26-16;/h5-9,14H,10-12H2,1-4H3,(H2,20,21,23)(H,22,24,25);1H. The first-order chi connectivity index (χ1) is 12.5. The molecule has 0 saturated carbocycles. The number of aryl methyl sites for hydroxylation is 2. The molecule has 0 bridgehead atoms. The van der Waals surface area contributed by atoms with Crippen molar-refractivity contribution in [3.63, 3.8) is 0 Å². The first-order valence-electron chi connectivity index (χ1n) is 8.72. The highest BCUT2D eigenvalue weighted by Crippen LogP contribution is 2.16. The molecule has 2 heterocycles. The summed E-state index contributed by atoms with van der Waals surface area (Å²) in [5.74, 6) is 1.21. The summed E-state index contributed by atoms with van der Waals surface area (Å²) in [4.78, 5) is 23.2. The molecule has 2 rings (SSSR count). The number of carbonyl (C=O) groups excluding carboxylic acids is 1. The molecule has 0 aromatic carbocycles. The number of nitrogens with one attached hydrogen (secondary N) is 3.